The summed E-state index contributed by atoms with van der Waals surface area (Å²) in [6, 6.07) is 0.146. The number of hydrogen-bond acceptors (Lipinski definition) is 6. The first kappa shape index (κ1) is 10.6. The van der Waals surface area contributed by atoms with Crippen molar-refractivity contribution in [2.24, 2.45) is 0 Å². The van der Waals surface area contributed by atoms with E-state index in [0.717, 1.165) is 29.6 Å². The minimum Gasteiger partial charge on any atom is -0.375 e. The predicted molar refractivity (Wildman–Crippen MR) is 59.5 cm³/mol. The molecule has 5 nitrogen and oxygen atoms in total. The van der Waals surface area contributed by atoms with Gasteiger partial charge in [0.1, 0.15) is 15.6 Å². The molecular formula is C10H15N3O2S. The van der Waals surface area contributed by atoms with Gasteiger partial charge in [0, 0.05) is 6.54 Å². The summed E-state index contributed by atoms with van der Waals surface area (Å²) in [6.45, 7) is 5.03. The summed E-state index contributed by atoms with van der Waals surface area (Å²) in [4.78, 5) is 0. The van der Waals surface area contributed by atoms with Crippen molar-refractivity contribution in [2.45, 2.75) is 25.0 Å². The lowest BCUT2D eigenvalue weighted by Crippen LogP contribution is -2.63. The van der Waals surface area contributed by atoms with E-state index in [9.17, 15) is 0 Å². The highest BCUT2D eigenvalue weighted by atomic mass is 32.1. The molecule has 0 bridgehead atoms. The number of nitrogens with one attached hydrogen (secondary N) is 1. The summed E-state index contributed by atoms with van der Waals surface area (Å²) in [6.07, 6.45) is 0.939. The second kappa shape index (κ2) is 4.03. The first-order chi connectivity index (χ1) is 7.84. The van der Waals surface area contributed by atoms with Crippen molar-refractivity contribution in [2.75, 3.05) is 26.4 Å². The van der Waals surface area contributed by atoms with Gasteiger partial charge >= 0.3 is 0 Å². The van der Waals surface area contributed by atoms with E-state index in [4.69, 9.17) is 9.47 Å². The van der Waals surface area contributed by atoms with Gasteiger partial charge in [-0.2, -0.15) is 0 Å². The summed E-state index contributed by atoms with van der Waals surface area (Å²) in [5.74, 6) is 0. The van der Waals surface area contributed by atoms with Crippen LogP contribution in [0.5, 0.6) is 0 Å². The van der Waals surface area contributed by atoms with E-state index in [1.807, 2.05) is 0 Å². The molecule has 2 saturated heterocycles. The number of rotatable bonds is 2. The third kappa shape index (κ3) is 1.57. The third-order valence-electron chi connectivity index (χ3n) is 3.09. The molecule has 1 unspecified atom stereocenters. The van der Waals surface area contributed by atoms with Crippen molar-refractivity contribution in [3.8, 4) is 0 Å². The molecule has 3 rings (SSSR count). The van der Waals surface area contributed by atoms with Crippen LogP contribution in [-0.4, -0.2) is 42.2 Å². The normalized spacial score (nSPS) is 27.9. The Hall–Kier alpha value is -0.560. The van der Waals surface area contributed by atoms with Gasteiger partial charge in [0.2, 0.25) is 0 Å². The molecule has 6 heteroatoms. The Morgan fingerprint density at radius 1 is 1.50 bits per heavy atom. The van der Waals surface area contributed by atoms with E-state index in [1.165, 1.54) is 0 Å². The quantitative estimate of drug-likeness (QED) is 0.818. The van der Waals surface area contributed by atoms with E-state index in [0.29, 0.717) is 13.2 Å². The summed E-state index contributed by atoms with van der Waals surface area (Å²) in [7, 11) is 0. The maximum Gasteiger partial charge on any atom is 0.137 e. The first-order valence-corrected chi connectivity index (χ1v) is 6.43. The summed E-state index contributed by atoms with van der Waals surface area (Å²) in [5.41, 5.74) is -0.192. The van der Waals surface area contributed by atoms with Crippen LogP contribution in [0, 0.1) is 0 Å². The zero-order chi connectivity index (χ0) is 11.0. The maximum atomic E-state index is 5.86. The van der Waals surface area contributed by atoms with Crippen molar-refractivity contribution in [1.29, 1.82) is 0 Å². The standard InChI is InChI=1S/C10H15N3O2S/c1-2-7-12-13-9(16-7)8-10(5-14-6-10)15-4-3-11-8/h8,11H,2-6H2,1H3. The molecule has 1 atom stereocenters. The van der Waals surface area contributed by atoms with Crippen LogP contribution in [0.2, 0.25) is 0 Å². The minimum absolute atomic E-state index is 0.146. The van der Waals surface area contributed by atoms with E-state index < -0.39 is 0 Å². The van der Waals surface area contributed by atoms with E-state index in [2.05, 4.69) is 22.4 Å². The van der Waals surface area contributed by atoms with Crippen molar-refractivity contribution in [1.82, 2.24) is 15.5 Å². The Morgan fingerprint density at radius 2 is 2.38 bits per heavy atom. The van der Waals surface area contributed by atoms with Crippen molar-refractivity contribution >= 4 is 11.3 Å². The fourth-order valence-electron chi connectivity index (χ4n) is 2.12. The van der Waals surface area contributed by atoms with Crippen molar-refractivity contribution in [3.05, 3.63) is 10.0 Å². The van der Waals surface area contributed by atoms with Gasteiger partial charge in [-0.3, -0.25) is 0 Å². The second-order valence-corrected chi connectivity index (χ2v) is 5.27. The highest BCUT2D eigenvalue weighted by Crippen LogP contribution is 2.38. The molecule has 1 aromatic rings. The SMILES string of the molecule is CCc1nnc(C2NCCOC23COC3)s1. The predicted octanol–water partition coefficient (Wildman–Crippen LogP) is 0.530. The van der Waals surface area contributed by atoms with Crippen LogP contribution in [0.1, 0.15) is 23.0 Å². The van der Waals surface area contributed by atoms with Gasteiger partial charge in [-0.25, -0.2) is 0 Å². The lowest BCUT2D eigenvalue weighted by molar-refractivity contribution is -0.239. The molecule has 1 N–H and O–H groups in total. The number of morpholine rings is 1. The highest BCUT2D eigenvalue weighted by Gasteiger charge is 2.50. The van der Waals surface area contributed by atoms with Crippen LogP contribution >= 0.6 is 11.3 Å². The van der Waals surface area contributed by atoms with E-state index in [-0.39, 0.29) is 11.6 Å². The highest BCUT2D eigenvalue weighted by molar-refractivity contribution is 7.11. The lowest BCUT2D eigenvalue weighted by atomic mass is 9.91. The Morgan fingerprint density at radius 3 is 3.00 bits per heavy atom. The van der Waals surface area contributed by atoms with Gasteiger partial charge in [-0.15, -0.1) is 10.2 Å². The zero-order valence-electron chi connectivity index (χ0n) is 9.23. The summed E-state index contributed by atoms with van der Waals surface area (Å²) < 4.78 is 11.2. The number of ether oxygens (including phenoxy) is 2. The molecule has 0 aromatic carbocycles. The van der Waals surface area contributed by atoms with Gasteiger partial charge < -0.3 is 14.8 Å². The maximum absolute atomic E-state index is 5.86. The van der Waals surface area contributed by atoms with Crippen LogP contribution < -0.4 is 5.32 Å². The Kier molecular flexibility index (Phi) is 2.67. The smallest absolute Gasteiger partial charge is 0.137 e. The summed E-state index contributed by atoms with van der Waals surface area (Å²) in [5, 5.41) is 14.0. The Balaban J connectivity index is 1.85. The average molecular weight is 241 g/mol. The lowest BCUT2D eigenvalue weighted by Gasteiger charge is -2.48. The Labute approximate surface area is 98.2 Å². The third-order valence-corrected chi connectivity index (χ3v) is 4.22. The topological polar surface area (TPSA) is 56.3 Å². The molecule has 2 fully saturated rings. The number of nitrogens with zero attached hydrogens (tertiary/aromatic N) is 2. The average Bonchev–Trinajstić information content (AvgIpc) is 2.75. The van der Waals surface area contributed by atoms with Crippen LogP contribution in [0.3, 0.4) is 0 Å². The van der Waals surface area contributed by atoms with Crippen molar-refractivity contribution < 1.29 is 9.47 Å². The molecule has 16 heavy (non-hydrogen) atoms. The molecule has 0 radical (unpaired) electrons. The molecule has 2 aliphatic heterocycles. The van der Waals surface area contributed by atoms with Crippen LogP contribution in [-0.2, 0) is 15.9 Å². The van der Waals surface area contributed by atoms with Gasteiger partial charge in [-0.1, -0.05) is 18.3 Å². The number of hydrogen-bond donors (Lipinski definition) is 1. The van der Waals surface area contributed by atoms with Gasteiger partial charge in [0.25, 0.3) is 0 Å². The van der Waals surface area contributed by atoms with Crippen molar-refractivity contribution in [3.63, 3.8) is 0 Å². The fourth-order valence-corrected chi connectivity index (χ4v) is 3.08. The van der Waals surface area contributed by atoms with Crippen LogP contribution in [0.15, 0.2) is 0 Å². The van der Waals surface area contributed by atoms with Gasteiger partial charge in [0.05, 0.1) is 25.9 Å². The second-order valence-electron chi connectivity index (χ2n) is 4.18. The molecule has 0 amide bonds. The molecule has 88 valence electrons. The molecule has 0 saturated carbocycles. The fraction of sp³-hybridized carbons (Fsp3) is 0.800. The molecule has 3 heterocycles. The monoisotopic (exact) mass is 241 g/mol. The number of aryl methyl sites for hydroxylation is 1. The van der Waals surface area contributed by atoms with Gasteiger partial charge in [0.15, 0.2) is 0 Å². The zero-order valence-corrected chi connectivity index (χ0v) is 10.0. The Bertz CT molecular complexity index is 378. The van der Waals surface area contributed by atoms with E-state index >= 15 is 0 Å². The molecule has 1 spiro atoms. The van der Waals surface area contributed by atoms with Crippen LogP contribution in [0.4, 0.5) is 0 Å². The van der Waals surface area contributed by atoms with E-state index in [1.54, 1.807) is 11.3 Å². The largest absolute Gasteiger partial charge is 0.375 e. The molecule has 1 aromatic heterocycles. The number of aromatic nitrogens is 2. The van der Waals surface area contributed by atoms with Crippen LogP contribution in [0.25, 0.3) is 0 Å². The molecule has 0 aliphatic carbocycles. The summed E-state index contributed by atoms with van der Waals surface area (Å²) >= 11 is 1.67. The van der Waals surface area contributed by atoms with Gasteiger partial charge in [-0.05, 0) is 6.42 Å². The minimum atomic E-state index is -0.192. The first-order valence-electron chi connectivity index (χ1n) is 5.61. The molecule has 2 aliphatic rings. The molecular weight excluding hydrogens is 226 g/mol.